The van der Waals surface area contributed by atoms with Gasteiger partial charge in [-0.15, -0.1) is 0 Å². The van der Waals surface area contributed by atoms with Gasteiger partial charge in [-0.1, -0.05) is 72.8 Å². The van der Waals surface area contributed by atoms with Crippen LogP contribution in [0.5, 0.6) is 11.8 Å². The van der Waals surface area contributed by atoms with E-state index in [9.17, 15) is 4.79 Å². The number of carbonyl (C=O) groups is 1. The van der Waals surface area contributed by atoms with E-state index in [-0.39, 0.29) is 6.09 Å². The minimum absolute atomic E-state index is 0.195. The van der Waals surface area contributed by atoms with E-state index in [1.807, 2.05) is 110 Å². The number of fused-ring (bicyclic) bond motifs is 1. The van der Waals surface area contributed by atoms with Gasteiger partial charge in [0.25, 0.3) is 0 Å². The van der Waals surface area contributed by atoms with Gasteiger partial charge in [-0.2, -0.15) is 10.1 Å². The van der Waals surface area contributed by atoms with E-state index < -0.39 is 5.60 Å². The van der Waals surface area contributed by atoms with E-state index >= 15 is 0 Å². The average Bonchev–Trinajstić information content (AvgIpc) is 3.49. The Balaban J connectivity index is 0.981. The number of likely N-dealkylation sites (tertiary alicyclic amines) is 1. The number of aromatic nitrogens is 3. The average molecular weight is 717 g/mol. The Labute approximate surface area is 313 Å². The van der Waals surface area contributed by atoms with Crippen LogP contribution in [0.25, 0.3) is 22.2 Å². The summed E-state index contributed by atoms with van der Waals surface area (Å²) in [7, 11) is 2.00. The molecule has 278 valence electrons. The summed E-state index contributed by atoms with van der Waals surface area (Å²) in [6.07, 6.45) is 2.18. The number of carbonyl (C=O) groups excluding carboxylic acids is 1. The maximum Gasteiger partial charge on any atom is 0.410 e. The number of piperidine rings is 1. The SMILES string of the molecule is Cn1nc(-c2ccc(OCc3ccccc3)nc2OCc2ccccc2)c2ccc(CN3CCC(CN4CCN(C(=O)OC(C)(C)C)CC4)CC3)cc21. The van der Waals surface area contributed by atoms with Crippen molar-refractivity contribution in [1.29, 1.82) is 0 Å². The zero-order valence-corrected chi connectivity index (χ0v) is 31.5. The lowest BCUT2D eigenvalue weighted by Crippen LogP contribution is -2.51. The van der Waals surface area contributed by atoms with Crippen molar-refractivity contribution >= 4 is 17.0 Å². The van der Waals surface area contributed by atoms with Crippen LogP contribution in [0.1, 0.15) is 50.3 Å². The van der Waals surface area contributed by atoms with Crippen molar-refractivity contribution in [2.24, 2.45) is 13.0 Å². The molecule has 0 bridgehead atoms. The predicted molar refractivity (Wildman–Crippen MR) is 208 cm³/mol. The molecule has 2 aliphatic heterocycles. The lowest BCUT2D eigenvalue weighted by Gasteiger charge is -2.39. The van der Waals surface area contributed by atoms with Gasteiger partial charge >= 0.3 is 6.09 Å². The van der Waals surface area contributed by atoms with Crippen LogP contribution in [-0.2, 0) is 31.5 Å². The van der Waals surface area contributed by atoms with Crippen molar-refractivity contribution < 1.29 is 19.0 Å². The summed E-state index contributed by atoms with van der Waals surface area (Å²) < 4.78 is 20.0. The van der Waals surface area contributed by atoms with Gasteiger partial charge < -0.3 is 19.1 Å². The van der Waals surface area contributed by atoms with Crippen LogP contribution in [0.3, 0.4) is 0 Å². The van der Waals surface area contributed by atoms with Gasteiger partial charge in [-0.3, -0.25) is 14.5 Å². The second-order valence-electron chi connectivity index (χ2n) is 15.4. The van der Waals surface area contributed by atoms with E-state index in [1.165, 1.54) is 18.4 Å². The molecule has 2 saturated heterocycles. The molecule has 5 aromatic rings. The first kappa shape index (κ1) is 36.4. The normalized spacial score (nSPS) is 16.2. The van der Waals surface area contributed by atoms with Gasteiger partial charge in [0.15, 0.2) is 0 Å². The van der Waals surface area contributed by atoms with Crippen LogP contribution in [0.15, 0.2) is 91.0 Å². The molecule has 0 N–H and O–H groups in total. The summed E-state index contributed by atoms with van der Waals surface area (Å²) >= 11 is 0. The lowest BCUT2D eigenvalue weighted by molar-refractivity contribution is 0.0122. The molecular formula is C43H52N6O4. The number of hydrogen-bond acceptors (Lipinski definition) is 8. The Hall–Kier alpha value is -4.93. The molecule has 2 aromatic heterocycles. The molecule has 7 rings (SSSR count). The molecule has 0 aliphatic carbocycles. The van der Waals surface area contributed by atoms with E-state index in [2.05, 4.69) is 28.0 Å². The first-order valence-corrected chi connectivity index (χ1v) is 18.9. The molecule has 0 unspecified atom stereocenters. The zero-order chi connectivity index (χ0) is 36.8. The number of ether oxygens (including phenoxy) is 3. The minimum Gasteiger partial charge on any atom is -0.473 e. The van der Waals surface area contributed by atoms with E-state index in [0.717, 1.165) is 85.6 Å². The van der Waals surface area contributed by atoms with Crippen LogP contribution >= 0.6 is 0 Å². The molecule has 10 heteroatoms. The predicted octanol–water partition coefficient (Wildman–Crippen LogP) is 7.56. The molecule has 2 aliphatic rings. The minimum atomic E-state index is -0.458. The molecule has 0 spiro atoms. The summed E-state index contributed by atoms with van der Waals surface area (Å²) in [4.78, 5) is 24.2. The summed E-state index contributed by atoms with van der Waals surface area (Å²) in [5.41, 5.74) is 5.72. The summed E-state index contributed by atoms with van der Waals surface area (Å²) in [6.45, 7) is 14.1. The van der Waals surface area contributed by atoms with Gasteiger partial charge in [0, 0.05) is 57.8 Å². The highest BCUT2D eigenvalue weighted by Gasteiger charge is 2.28. The molecule has 2 fully saturated rings. The van der Waals surface area contributed by atoms with Gasteiger partial charge in [0.05, 0.1) is 11.1 Å². The summed E-state index contributed by atoms with van der Waals surface area (Å²) in [6, 6.07) is 30.8. The fourth-order valence-electron chi connectivity index (χ4n) is 7.24. The second-order valence-corrected chi connectivity index (χ2v) is 15.4. The summed E-state index contributed by atoms with van der Waals surface area (Å²) in [5.74, 6) is 1.69. The van der Waals surface area contributed by atoms with Gasteiger partial charge in [0.2, 0.25) is 11.8 Å². The highest BCUT2D eigenvalue weighted by Crippen LogP contribution is 2.36. The first-order chi connectivity index (χ1) is 25.7. The number of rotatable bonds is 11. The number of benzene rings is 3. The van der Waals surface area contributed by atoms with Gasteiger partial charge in [-0.05, 0) is 81.4 Å². The number of pyridine rings is 1. The highest BCUT2D eigenvalue weighted by molar-refractivity contribution is 5.94. The fraction of sp³-hybridized carbons (Fsp3) is 0.419. The first-order valence-electron chi connectivity index (χ1n) is 18.9. The Morgan fingerprint density at radius 1 is 0.755 bits per heavy atom. The number of amides is 1. The molecule has 0 radical (unpaired) electrons. The number of piperazine rings is 1. The third-order valence-electron chi connectivity index (χ3n) is 10.1. The molecular weight excluding hydrogens is 665 g/mol. The molecule has 10 nitrogen and oxygen atoms in total. The van der Waals surface area contributed by atoms with Crippen molar-refractivity contribution in [2.45, 2.75) is 59.0 Å². The molecule has 53 heavy (non-hydrogen) atoms. The quantitative estimate of drug-likeness (QED) is 0.139. The Morgan fingerprint density at radius 2 is 1.42 bits per heavy atom. The van der Waals surface area contributed by atoms with Crippen molar-refractivity contribution in [3.05, 3.63) is 108 Å². The Morgan fingerprint density at radius 3 is 2.08 bits per heavy atom. The van der Waals surface area contributed by atoms with E-state index in [1.54, 1.807) is 0 Å². The smallest absolute Gasteiger partial charge is 0.410 e. The van der Waals surface area contributed by atoms with Crippen molar-refractivity contribution in [2.75, 3.05) is 45.8 Å². The van der Waals surface area contributed by atoms with E-state index in [0.29, 0.717) is 30.9 Å². The van der Waals surface area contributed by atoms with Crippen LogP contribution in [-0.4, -0.2) is 87.0 Å². The topological polar surface area (TPSA) is 85.2 Å². The fourth-order valence-corrected chi connectivity index (χ4v) is 7.24. The standard InChI is InChI=1S/C43H52N6O4/c1-43(2,3)53-42(50)49-25-23-48(24-26-49)28-32-19-21-47(22-20-32)29-35-15-16-36-38(27-35)46(4)45-40(36)37-17-18-39(51-30-33-11-7-5-8-12-33)44-41(37)52-31-34-13-9-6-10-14-34/h5-18,27,32H,19-26,28-31H2,1-4H3. The maximum absolute atomic E-state index is 12.5. The van der Waals surface area contributed by atoms with Crippen molar-refractivity contribution in [3.8, 4) is 23.0 Å². The molecule has 0 saturated carbocycles. The lowest BCUT2D eigenvalue weighted by atomic mass is 9.95. The van der Waals surface area contributed by atoms with Gasteiger partial charge in [0.1, 0.15) is 24.5 Å². The van der Waals surface area contributed by atoms with Crippen LogP contribution in [0.2, 0.25) is 0 Å². The zero-order valence-electron chi connectivity index (χ0n) is 31.5. The number of hydrogen-bond donors (Lipinski definition) is 0. The molecule has 1 amide bonds. The Bertz CT molecular complexity index is 1960. The Kier molecular flexibility index (Phi) is 11.3. The van der Waals surface area contributed by atoms with Crippen LogP contribution < -0.4 is 9.47 Å². The molecule has 3 aromatic carbocycles. The highest BCUT2D eigenvalue weighted by atomic mass is 16.6. The third kappa shape index (κ3) is 9.55. The molecule has 4 heterocycles. The van der Waals surface area contributed by atoms with Gasteiger partial charge in [-0.25, -0.2) is 4.79 Å². The van der Waals surface area contributed by atoms with Crippen molar-refractivity contribution in [3.63, 3.8) is 0 Å². The number of aryl methyl sites for hydroxylation is 1. The summed E-state index contributed by atoms with van der Waals surface area (Å²) in [5, 5.41) is 6.05. The number of nitrogens with zero attached hydrogens (tertiary/aromatic N) is 6. The maximum atomic E-state index is 12.5. The second kappa shape index (κ2) is 16.4. The van der Waals surface area contributed by atoms with Crippen LogP contribution in [0, 0.1) is 5.92 Å². The third-order valence-corrected chi connectivity index (χ3v) is 10.1. The van der Waals surface area contributed by atoms with E-state index in [4.69, 9.17) is 24.3 Å². The van der Waals surface area contributed by atoms with Crippen LogP contribution in [0.4, 0.5) is 4.79 Å². The van der Waals surface area contributed by atoms with Crippen molar-refractivity contribution in [1.82, 2.24) is 29.5 Å². The monoisotopic (exact) mass is 716 g/mol. The molecule has 0 atom stereocenters. The largest absolute Gasteiger partial charge is 0.473 e.